The highest BCUT2D eigenvalue weighted by Gasteiger charge is 2.23. The van der Waals surface area contributed by atoms with Gasteiger partial charge in [0, 0.05) is 12.2 Å². The number of carbonyl (C=O) groups is 3. The molecule has 0 aliphatic heterocycles. The molecule has 4 aromatic rings. The molecule has 3 aromatic carbocycles. The summed E-state index contributed by atoms with van der Waals surface area (Å²) >= 11 is 0. The van der Waals surface area contributed by atoms with E-state index in [9.17, 15) is 14.4 Å². The fourth-order valence-corrected chi connectivity index (χ4v) is 4.13. The van der Waals surface area contributed by atoms with Crippen LogP contribution in [0.1, 0.15) is 35.0 Å². The summed E-state index contributed by atoms with van der Waals surface area (Å²) in [7, 11) is 0. The molecule has 0 aliphatic rings. The molecule has 0 radical (unpaired) electrons. The molecule has 194 valence electrons. The molecule has 8 heteroatoms. The molecule has 8 nitrogen and oxygen atoms in total. The Hall–Kier alpha value is -4.72. The summed E-state index contributed by atoms with van der Waals surface area (Å²) in [5, 5.41) is 15.8. The number of hydrogen-bond donors (Lipinski definition) is 2. The zero-order valence-corrected chi connectivity index (χ0v) is 21.0. The summed E-state index contributed by atoms with van der Waals surface area (Å²) in [4.78, 5) is 36.7. The highest BCUT2D eigenvalue weighted by Crippen LogP contribution is 2.21. The van der Waals surface area contributed by atoms with Crippen molar-refractivity contribution in [2.75, 3.05) is 0 Å². The Kier molecular flexibility index (Phi) is 8.66. The van der Waals surface area contributed by atoms with Gasteiger partial charge in [-0.3, -0.25) is 4.79 Å². The van der Waals surface area contributed by atoms with Gasteiger partial charge in [0.05, 0.1) is 5.92 Å². The van der Waals surface area contributed by atoms with E-state index in [1.54, 1.807) is 6.92 Å². The van der Waals surface area contributed by atoms with Gasteiger partial charge in [-0.2, -0.15) is 9.78 Å². The summed E-state index contributed by atoms with van der Waals surface area (Å²) in [5.74, 6) is -2.07. The van der Waals surface area contributed by atoms with Crippen molar-refractivity contribution in [1.82, 2.24) is 15.1 Å². The maximum Gasteiger partial charge on any atom is 0.356 e. The number of nitrogens with one attached hydrogen (secondary N) is 1. The van der Waals surface area contributed by atoms with Crippen molar-refractivity contribution in [2.24, 2.45) is 5.92 Å². The minimum absolute atomic E-state index is 0.174. The van der Waals surface area contributed by atoms with Crippen molar-refractivity contribution in [3.05, 3.63) is 114 Å². The average molecular weight is 512 g/mol. The van der Waals surface area contributed by atoms with Gasteiger partial charge in [0.1, 0.15) is 6.61 Å². The Morgan fingerprint density at radius 1 is 0.868 bits per heavy atom. The third-order valence-corrected chi connectivity index (χ3v) is 6.15. The molecule has 2 N–H and O–H groups in total. The van der Waals surface area contributed by atoms with Gasteiger partial charge in [0.2, 0.25) is 0 Å². The predicted octanol–water partition coefficient (Wildman–Crippen LogP) is 5.19. The van der Waals surface area contributed by atoms with Gasteiger partial charge in [0.25, 0.3) is 0 Å². The van der Waals surface area contributed by atoms with Crippen molar-refractivity contribution in [1.29, 1.82) is 0 Å². The number of carboxylic acid groups (broad SMARTS) is 1. The molecule has 0 saturated carbocycles. The number of nitrogens with zero attached hydrogens (tertiary/aromatic N) is 2. The van der Waals surface area contributed by atoms with E-state index in [4.69, 9.17) is 9.84 Å². The van der Waals surface area contributed by atoms with E-state index >= 15 is 0 Å². The normalized spacial score (nSPS) is 12.3. The van der Waals surface area contributed by atoms with Crippen LogP contribution in [0.15, 0.2) is 97.2 Å². The Balaban J connectivity index is 1.45. The van der Waals surface area contributed by atoms with Crippen molar-refractivity contribution >= 4 is 18.0 Å². The fourth-order valence-electron chi connectivity index (χ4n) is 4.13. The molecule has 0 spiro atoms. The molecule has 2 unspecified atom stereocenters. The van der Waals surface area contributed by atoms with Crippen LogP contribution in [0.5, 0.6) is 0 Å². The van der Waals surface area contributed by atoms with Gasteiger partial charge in [-0.25, -0.2) is 9.59 Å². The van der Waals surface area contributed by atoms with Crippen LogP contribution in [0.4, 0.5) is 4.79 Å². The maximum absolute atomic E-state index is 12.9. The number of carbonyl (C=O) groups excluding carboxylic acids is 2. The minimum Gasteiger partial charge on any atom is -0.476 e. The molecule has 0 fully saturated rings. The number of benzene rings is 3. The molecule has 4 rings (SSSR count). The predicted molar refractivity (Wildman–Crippen MR) is 143 cm³/mol. The zero-order chi connectivity index (χ0) is 26.9. The lowest BCUT2D eigenvalue weighted by Gasteiger charge is -2.22. The van der Waals surface area contributed by atoms with Crippen LogP contribution >= 0.6 is 0 Å². The van der Waals surface area contributed by atoms with Crippen LogP contribution in [0.3, 0.4) is 0 Å². The van der Waals surface area contributed by atoms with E-state index in [-0.39, 0.29) is 18.3 Å². The lowest BCUT2D eigenvalue weighted by atomic mass is 9.95. The van der Waals surface area contributed by atoms with Gasteiger partial charge in [-0.15, -0.1) is 0 Å². The Morgan fingerprint density at radius 2 is 1.50 bits per heavy atom. The molecular formula is C30H29N3O5. The van der Waals surface area contributed by atoms with Crippen LogP contribution in [0, 0.1) is 5.92 Å². The highest BCUT2D eigenvalue weighted by atomic mass is 16.5. The SMILES string of the molecule is CC(CC(Cc1ccc(-c2ccccc2)cc1)NC(=O)n1ccc(C(=O)O)n1)C(=O)OCc1ccccc1. The maximum atomic E-state index is 12.9. The summed E-state index contributed by atoms with van der Waals surface area (Å²) in [6.07, 6.45) is 2.08. The van der Waals surface area contributed by atoms with Gasteiger partial charge >= 0.3 is 18.0 Å². The average Bonchev–Trinajstić information content (AvgIpc) is 3.44. The number of carboxylic acids is 1. The summed E-state index contributed by atoms with van der Waals surface area (Å²) < 4.78 is 6.44. The largest absolute Gasteiger partial charge is 0.476 e. The van der Waals surface area contributed by atoms with Crippen molar-refractivity contribution < 1.29 is 24.2 Å². The van der Waals surface area contributed by atoms with Crippen molar-refractivity contribution in [2.45, 2.75) is 32.4 Å². The molecule has 1 aromatic heterocycles. The standard InChI is InChI=1S/C30H29N3O5/c1-21(29(36)38-20-23-8-4-2-5-9-23)18-26(31-30(37)33-17-16-27(32-33)28(34)35)19-22-12-14-25(15-13-22)24-10-6-3-7-11-24/h2-17,21,26H,18-20H2,1H3,(H,31,37)(H,34,35). The van der Waals surface area contributed by atoms with Crippen LogP contribution < -0.4 is 5.32 Å². The van der Waals surface area contributed by atoms with E-state index in [1.807, 2.05) is 84.9 Å². The molecule has 0 bridgehead atoms. The van der Waals surface area contributed by atoms with E-state index in [2.05, 4.69) is 10.4 Å². The first-order valence-electron chi connectivity index (χ1n) is 12.3. The minimum atomic E-state index is -1.22. The molecule has 2 atom stereocenters. The first-order valence-corrected chi connectivity index (χ1v) is 12.3. The Bertz CT molecular complexity index is 1370. The molecular weight excluding hydrogens is 482 g/mol. The smallest absolute Gasteiger partial charge is 0.356 e. The van der Waals surface area contributed by atoms with E-state index in [1.165, 1.54) is 12.3 Å². The second-order valence-corrected chi connectivity index (χ2v) is 9.09. The van der Waals surface area contributed by atoms with Crippen LogP contribution in [-0.4, -0.2) is 38.9 Å². The number of rotatable bonds is 10. The lowest BCUT2D eigenvalue weighted by Crippen LogP contribution is -2.41. The van der Waals surface area contributed by atoms with E-state index in [0.717, 1.165) is 26.9 Å². The molecule has 0 saturated heterocycles. The van der Waals surface area contributed by atoms with Crippen LogP contribution in [0.2, 0.25) is 0 Å². The monoisotopic (exact) mass is 511 g/mol. The second-order valence-electron chi connectivity index (χ2n) is 9.09. The van der Waals surface area contributed by atoms with Crippen LogP contribution in [-0.2, 0) is 22.6 Å². The van der Waals surface area contributed by atoms with E-state index in [0.29, 0.717) is 12.8 Å². The molecule has 38 heavy (non-hydrogen) atoms. The summed E-state index contributed by atoms with van der Waals surface area (Å²) in [6, 6.07) is 27.7. The summed E-state index contributed by atoms with van der Waals surface area (Å²) in [6.45, 7) is 1.94. The van der Waals surface area contributed by atoms with Gasteiger partial charge in [-0.05, 0) is 41.2 Å². The first kappa shape index (κ1) is 26.3. The Labute approximate surface area is 220 Å². The number of hydrogen-bond acceptors (Lipinski definition) is 5. The van der Waals surface area contributed by atoms with Gasteiger partial charge in [-0.1, -0.05) is 91.9 Å². The second kappa shape index (κ2) is 12.5. The van der Waals surface area contributed by atoms with Crippen LogP contribution in [0.25, 0.3) is 11.1 Å². The van der Waals surface area contributed by atoms with Crippen molar-refractivity contribution in [3.63, 3.8) is 0 Å². The lowest BCUT2D eigenvalue weighted by molar-refractivity contribution is -0.149. The number of ether oxygens (including phenoxy) is 1. The number of esters is 1. The molecule has 0 aliphatic carbocycles. The molecule has 1 heterocycles. The quantitative estimate of drug-likeness (QED) is 0.284. The molecule has 1 amide bonds. The third-order valence-electron chi connectivity index (χ3n) is 6.15. The number of aromatic nitrogens is 2. The van der Waals surface area contributed by atoms with Gasteiger partial charge < -0.3 is 15.2 Å². The fraction of sp³-hybridized carbons (Fsp3) is 0.200. The summed E-state index contributed by atoms with van der Waals surface area (Å²) in [5.41, 5.74) is 3.82. The highest BCUT2D eigenvalue weighted by molar-refractivity contribution is 5.86. The van der Waals surface area contributed by atoms with Gasteiger partial charge in [0.15, 0.2) is 5.69 Å². The zero-order valence-electron chi connectivity index (χ0n) is 21.0. The topological polar surface area (TPSA) is 111 Å². The Morgan fingerprint density at radius 3 is 2.13 bits per heavy atom. The number of amides is 1. The first-order chi connectivity index (χ1) is 18.4. The third kappa shape index (κ3) is 7.16. The van der Waals surface area contributed by atoms with Crippen molar-refractivity contribution in [3.8, 4) is 11.1 Å². The van der Waals surface area contributed by atoms with E-state index < -0.39 is 24.0 Å². The number of aromatic carboxylic acids is 1.